The summed E-state index contributed by atoms with van der Waals surface area (Å²) in [4.78, 5) is 33.5. The molecule has 0 saturated carbocycles. The van der Waals surface area contributed by atoms with E-state index in [0.29, 0.717) is 32.7 Å². The summed E-state index contributed by atoms with van der Waals surface area (Å²) in [7, 11) is 0. The maximum absolute atomic E-state index is 14.9. The maximum Gasteiger partial charge on any atom is 0.255 e. The van der Waals surface area contributed by atoms with E-state index in [2.05, 4.69) is 21.3 Å². The van der Waals surface area contributed by atoms with E-state index in [1.807, 2.05) is 27.0 Å². The highest BCUT2D eigenvalue weighted by Gasteiger charge is 2.36. The number of hydrogen-bond acceptors (Lipinski definition) is 4. The Morgan fingerprint density at radius 2 is 1.88 bits per heavy atom. The first-order chi connectivity index (χ1) is 14.8. The van der Waals surface area contributed by atoms with Crippen LogP contribution in [0.5, 0.6) is 0 Å². The first-order valence-electron chi connectivity index (χ1n) is 10.5. The van der Waals surface area contributed by atoms with Crippen molar-refractivity contribution in [2.45, 2.75) is 26.7 Å². The van der Waals surface area contributed by atoms with Crippen LogP contribution in [-0.4, -0.2) is 54.4 Å². The first-order valence-corrected chi connectivity index (χ1v) is 10.9. The van der Waals surface area contributed by atoms with Gasteiger partial charge >= 0.3 is 0 Å². The van der Waals surface area contributed by atoms with Crippen LogP contribution in [0.1, 0.15) is 39.9 Å². The van der Waals surface area contributed by atoms with Crippen LogP contribution in [0.4, 0.5) is 10.2 Å². The van der Waals surface area contributed by atoms with Gasteiger partial charge in [-0.1, -0.05) is 24.6 Å². The topological polar surface area (TPSA) is 65.5 Å². The average Bonchev–Trinajstić information content (AvgIpc) is 3.07. The zero-order valence-electron chi connectivity index (χ0n) is 18.3. The number of hydrogen-bond donors (Lipinski definition) is 1. The van der Waals surface area contributed by atoms with Gasteiger partial charge < -0.3 is 15.1 Å². The molecule has 2 fully saturated rings. The Bertz CT molecular complexity index is 1040. The number of rotatable bonds is 3. The minimum Gasteiger partial charge on any atom is -0.355 e. The van der Waals surface area contributed by atoms with Crippen molar-refractivity contribution < 1.29 is 14.0 Å². The molecule has 4 rings (SSSR count). The molecule has 2 aliphatic heterocycles. The van der Waals surface area contributed by atoms with Crippen molar-refractivity contribution in [3.63, 3.8) is 0 Å². The Kier molecular flexibility index (Phi) is 7.30. The molecular formula is C23H27Cl2FN4O2. The summed E-state index contributed by atoms with van der Waals surface area (Å²) in [5.41, 5.74) is 2.59. The number of nitrogens with one attached hydrogen (secondary N) is 1. The van der Waals surface area contributed by atoms with Crippen molar-refractivity contribution >= 4 is 41.6 Å². The van der Waals surface area contributed by atoms with Crippen LogP contribution in [0.2, 0.25) is 5.02 Å². The summed E-state index contributed by atoms with van der Waals surface area (Å²) in [5, 5.41) is 2.92. The van der Waals surface area contributed by atoms with E-state index in [4.69, 9.17) is 11.6 Å². The van der Waals surface area contributed by atoms with E-state index >= 15 is 0 Å². The highest BCUT2D eigenvalue weighted by atomic mass is 35.5. The van der Waals surface area contributed by atoms with Crippen LogP contribution in [0.15, 0.2) is 24.4 Å². The monoisotopic (exact) mass is 480 g/mol. The van der Waals surface area contributed by atoms with Crippen LogP contribution in [-0.2, 0) is 4.79 Å². The maximum atomic E-state index is 14.9. The number of amides is 2. The Hall–Kier alpha value is -2.38. The number of piperazine rings is 1. The second-order valence-electron chi connectivity index (χ2n) is 8.49. The summed E-state index contributed by atoms with van der Waals surface area (Å²) in [6.45, 7) is 8.70. The molecule has 32 heavy (non-hydrogen) atoms. The Morgan fingerprint density at radius 1 is 1.19 bits per heavy atom. The van der Waals surface area contributed by atoms with Gasteiger partial charge in [0.1, 0.15) is 11.6 Å². The van der Waals surface area contributed by atoms with Crippen LogP contribution in [0.3, 0.4) is 0 Å². The van der Waals surface area contributed by atoms with Crippen molar-refractivity contribution in [1.82, 2.24) is 15.2 Å². The van der Waals surface area contributed by atoms with Crippen LogP contribution in [0.25, 0.3) is 0 Å². The van der Waals surface area contributed by atoms with E-state index in [0.717, 1.165) is 16.9 Å². The van der Waals surface area contributed by atoms with Gasteiger partial charge in [0.2, 0.25) is 5.91 Å². The summed E-state index contributed by atoms with van der Waals surface area (Å²) < 4.78 is 14.9. The Balaban J connectivity index is 0.00000289. The molecule has 0 spiro atoms. The lowest BCUT2D eigenvalue weighted by Crippen LogP contribution is -2.49. The molecule has 0 bridgehead atoms. The number of carbonyl (C=O) groups is 2. The molecule has 1 aromatic carbocycles. The van der Waals surface area contributed by atoms with Gasteiger partial charge in [-0.3, -0.25) is 9.59 Å². The third-order valence-corrected chi connectivity index (χ3v) is 6.47. The fraction of sp³-hybridized carbons (Fsp3) is 0.435. The number of anilines is 1. The smallest absolute Gasteiger partial charge is 0.255 e. The van der Waals surface area contributed by atoms with Gasteiger partial charge in [0.25, 0.3) is 5.91 Å². The number of aryl methyl sites for hydroxylation is 2. The zero-order valence-corrected chi connectivity index (χ0v) is 19.9. The summed E-state index contributed by atoms with van der Waals surface area (Å²) in [5.74, 6) is -0.776. The number of pyridine rings is 1. The van der Waals surface area contributed by atoms with Gasteiger partial charge in [-0.05, 0) is 43.0 Å². The second kappa shape index (κ2) is 9.63. The van der Waals surface area contributed by atoms with E-state index in [9.17, 15) is 14.0 Å². The first kappa shape index (κ1) is 24.3. The lowest BCUT2D eigenvalue weighted by molar-refractivity contribution is -0.120. The summed E-state index contributed by atoms with van der Waals surface area (Å²) in [6.07, 6.45) is 1.84. The van der Waals surface area contributed by atoms with E-state index in [1.165, 1.54) is 12.1 Å². The van der Waals surface area contributed by atoms with Crippen molar-refractivity contribution in [2.75, 3.05) is 37.6 Å². The number of aromatic nitrogens is 1. The third kappa shape index (κ3) is 4.55. The molecule has 2 saturated heterocycles. The van der Waals surface area contributed by atoms with Gasteiger partial charge in [-0.15, -0.1) is 12.4 Å². The molecule has 172 valence electrons. The number of halogens is 3. The zero-order chi connectivity index (χ0) is 22.3. The highest BCUT2D eigenvalue weighted by Crippen LogP contribution is 2.34. The predicted molar refractivity (Wildman–Crippen MR) is 125 cm³/mol. The van der Waals surface area contributed by atoms with Crippen molar-refractivity contribution in [2.24, 2.45) is 5.92 Å². The van der Waals surface area contributed by atoms with Crippen LogP contribution >= 0.6 is 24.0 Å². The molecule has 1 N–H and O–H groups in total. The molecule has 0 radical (unpaired) electrons. The average molecular weight is 481 g/mol. The SMILES string of the molecule is Cc1cnc(N2CCN(C(=O)c3cc(F)c([C@@H]4C(=O)NCC4C)cc3Cl)CC2)c(C)c1.Cl. The van der Waals surface area contributed by atoms with Crippen LogP contribution in [0, 0.1) is 25.6 Å². The molecule has 2 atom stereocenters. The normalized spacial score (nSPS) is 20.7. The molecule has 2 aromatic rings. The summed E-state index contributed by atoms with van der Waals surface area (Å²) >= 11 is 6.38. The third-order valence-electron chi connectivity index (χ3n) is 6.16. The second-order valence-corrected chi connectivity index (χ2v) is 8.89. The Labute approximate surface area is 198 Å². The Morgan fingerprint density at radius 3 is 2.47 bits per heavy atom. The van der Waals surface area contributed by atoms with Gasteiger partial charge in [-0.25, -0.2) is 9.37 Å². The molecule has 1 aromatic heterocycles. The van der Waals surface area contributed by atoms with E-state index in [1.54, 1.807) is 4.90 Å². The standard InChI is InChI=1S/C23H26ClFN4O2.ClH/c1-13-8-14(2)21(26-11-13)28-4-6-29(7-5-28)23(31)16-10-19(25)17(9-18(16)24)20-15(3)12-27-22(20)30;/h8-11,15,20H,4-7,12H2,1-3H3,(H,27,30);1H/t15?,20-;/m1./s1. The quantitative estimate of drug-likeness (QED) is 0.726. The molecule has 2 amide bonds. The van der Waals surface area contributed by atoms with Gasteiger partial charge in [0, 0.05) is 44.5 Å². The van der Waals surface area contributed by atoms with Crippen LogP contribution < -0.4 is 10.2 Å². The molecule has 6 nitrogen and oxygen atoms in total. The lowest BCUT2D eigenvalue weighted by Gasteiger charge is -2.36. The number of carbonyl (C=O) groups excluding carboxylic acids is 2. The molecular weight excluding hydrogens is 454 g/mol. The lowest BCUT2D eigenvalue weighted by atomic mass is 9.88. The molecule has 2 aliphatic rings. The van der Waals surface area contributed by atoms with Gasteiger partial charge in [-0.2, -0.15) is 0 Å². The fourth-order valence-electron chi connectivity index (χ4n) is 4.49. The van der Waals surface area contributed by atoms with Crippen molar-refractivity contribution in [1.29, 1.82) is 0 Å². The van der Waals surface area contributed by atoms with Crippen molar-refractivity contribution in [3.8, 4) is 0 Å². The molecule has 0 aliphatic carbocycles. The molecule has 9 heteroatoms. The van der Waals surface area contributed by atoms with Crippen molar-refractivity contribution in [3.05, 3.63) is 57.5 Å². The van der Waals surface area contributed by atoms with E-state index < -0.39 is 11.7 Å². The van der Waals surface area contributed by atoms with Gasteiger partial charge in [0.15, 0.2) is 0 Å². The minimum atomic E-state index is -0.588. The highest BCUT2D eigenvalue weighted by molar-refractivity contribution is 6.34. The largest absolute Gasteiger partial charge is 0.355 e. The summed E-state index contributed by atoms with van der Waals surface area (Å²) in [6, 6.07) is 4.71. The predicted octanol–water partition coefficient (Wildman–Crippen LogP) is 3.72. The number of benzene rings is 1. The van der Waals surface area contributed by atoms with Gasteiger partial charge in [0.05, 0.1) is 16.5 Å². The minimum absolute atomic E-state index is 0. The fourth-order valence-corrected chi connectivity index (χ4v) is 4.74. The molecule has 3 heterocycles. The van der Waals surface area contributed by atoms with E-state index in [-0.39, 0.29) is 46.3 Å². The number of nitrogens with zero attached hydrogens (tertiary/aromatic N) is 3. The molecule has 1 unspecified atom stereocenters.